The number of rotatable bonds is 0. The van der Waals surface area contributed by atoms with Gasteiger partial charge in [-0.25, -0.2) is 0 Å². The van der Waals surface area contributed by atoms with E-state index in [9.17, 15) is 9.59 Å². The maximum Gasteiger partial charge on any atom is 0.0612 e. The van der Waals surface area contributed by atoms with Crippen LogP contribution in [0.25, 0.3) is 5.32 Å². The van der Waals surface area contributed by atoms with E-state index in [0.29, 0.717) is 0 Å². The first kappa shape index (κ1) is 14.0. The number of carbonyl (C=O) groups excluding carboxylic acids is 2. The normalized spacial score (nSPS) is 42.1. The van der Waals surface area contributed by atoms with Crippen LogP contribution in [0.3, 0.4) is 0 Å². The first-order chi connectivity index (χ1) is 7.12. The van der Waals surface area contributed by atoms with E-state index in [0.717, 1.165) is 6.42 Å². The molecule has 2 aliphatic carbocycles. The molecular weight excluding hydrogens is 279 g/mol. The predicted molar refractivity (Wildman–Crippen MR) is 57.1 cm³/mol. The summed E-state index contributed by atoms with van der Waals surface area (Å²) in [5.41, 5.74) is -0.0813. The van der Waals surface area contributed by atoms with Crippen molar-refractivity contribution in [3.63, 3.8) is 0 Å². The van der Waals surface area contributed by atoms with E-state index in [-0.39, 0.29) is 67.7 Å². The van der Waals surface area contributed by atoms with E-state index < -0.39 is 0 Å². The van der Waals surface area contributed by atoms with Gasteiger partial charge >= 0.3 is 0 Å². The van der Waals surface area contributed by atoms with Crippen molar-refractivity contribution < 1.29 is 42.3 Å². The number of hydrogen-bond acceptors (Lipinski definition) is 2. The topological polar surface area (TPSA) is 48.2 Å². The molecule has 4 heteroatoms. The van der Waals surface area contributed by atoms with Gasteiger partial charge in [0.15, 0.2) is 0 Å². The van der Waals surface area contributed by atoms with Crippen molar-refractivity contribution in [1.82, 2.24) is 0 Å². The largest absolute Gasteiger partial charge is 0.595 e. The molecular formula is C12H16NO2Y-. The molecule has 4 atom stereocenters. The summed E-state index contributed by atoms with van der Waals surface area (Å²) in [4.78, 5) is 22.8. The Bertz CT molecular complexity index is 353. The maximum absolute atomic E-state index is 11.4. The Labute approximate surface area is 121 Å². The fraction of sp³-hybridized carbons (Fsp3) is 0.667. The molecule has 0 aromatic heterocycles. The zero-order valence-corrected chi connectivity index (χ0v) is 12.8. The summed E-state index contributed by atoms with van der Waals surface area (Å²) in [5, 5.41) is 3.54. The van der Waals surface area contributed by atoms with Crippen LogP contribution in [-0.2, 0) is 42.3 Å². The van der Waals surface area contributed by atoms with Crippen molar-refractivity contribution in [2.45, 2.75) is 27.2 Å². The molecule has 0 aromatic carbocycles. The minimum atomic E-state index is -0.190. The van der Waals surface area contributed by atoms with Crippen LogP contribution in [0, 0.1) is 23.2 Å². The summed E-state index contributed by atoms with van der Waals surface area (Å²) >= 11 is 0. The Morgan fingerprint density at radius 1 is 1.31 bits per heavy atom. The van der Waals surface area contributed by atoms with Crippen molar-refractivity contribution in [3.8, 4) is 0 Å². The summed E-state index contributed by atoms with van der Waals surface area (Å²) in [6.07, 6.45) is 5.12. The van der Waals surface area contributed by atoms with Gasteiger partial charge in [0.2, 0.25) is 0 Å². The Kier molecular flexibility index (Phi) is 4.12. The molecule has 1 heterocycles. The molecule has 4 unspecified atom stereocenters. The molecule has 85 valence electrons. The summed E-state index contributed by atoms with van der Waals surface area (Å²) < 4.78 is 0. The van der Waals surface area contributed by atoms with Gasteiger partial charge in [0, 0.05) is 44.5 Å². The minimum absolute atomic E-state index is 0. The predicted octanol–water partition coefficient (Wildman–Crippen LogP) is 2.28. The zero-order valence-electron chi connectivity index (χ0n) is 9.93. The van der Waals surface area contributed by atoms with Crippen LogP contribution < -0.4 is 0 Å². The van der Waals surface area contributed by atoms with E-state index in [4.69, 9.17) is 0 Å². The first-order valence-electron chi connectivity index (χ1n) is 5.61. The van der Waals surface area contributed by atoms with Crippen molar-refractivity contribution in [2.75, 3.05) is 0 Å². The number of fused-ring (bicyclic) bond motifs is 5. The summed E-state index contributed by atoms with van der Waals surface area (Å²) in [7, 11) is 0. The number of imide groups is 1. The molecule has 2 amide bonds. The van der Waals surface area contributed by atoms with Gasteiger partial charge in [-0.3, -0.25) is 0 Å². The summed E-state index contributed by atoms with van der Waals surface area (Å²) in [6, 6.07) is 0. The fourth-order valence-electron chi connectivity index (χ4n) is 3.14. The number of carbonyl (C=O) groups is 2. The molecule has 0 N–H and O–H groups in total. The molecule has 1 saturated heterocycles. The smallest absolute Gasteiger partial charge is 0.0612 e. The van der Waals surface area contributed by atoms with Gasteiger partial charge in [-0.15, -0.1) is 0 Å². The molecule has 3 nitrogen and oxygen atoms in total. The number of allylic oxidation sites excluding steroid dienone is 2. The third-order valence-electron chi connectivity index (χ3n) is 3.70. The summed E-state index contributed by atoms with van der Waals surface area (Å²) in [5.74, 6) is -0.368. The standard InChI is InChI=1S/C10H11NO2.C2H6.Y/c1-10-3-2-5(4-10)6-7(10)9(13)11-8(6)12;1-2;/h2-3,5-7H,4H2,1H3,(H,11,12,13);1-2H3;/p-1. The number of amides is 2. The summed E-state index contributed by atoms with van der Waals surface area (Å²) in [6.45, 7) is 6.06. The molecule has 2 bridgehead atoms. The molecule has 3 rings (SSSR count). The average Bonchev–Trinajstić information content (AvgIpc) is 2.81. The quantitative estimate of drug-likeness (QED) is 0.508. The second kappa shape index (κ2) is 4.69. The average molecular weight is 295 g/mol. The molecule has 1 saturated carbocycles. The molecule has 16 heavy (non-hydrogen) atoms. The van der Waals surface area contributed by atoms with Crippen LogP contribution in [-0.4, -0.2) is 11.8 Å². The van der Waals surface area contributed by atoms with Crippen molar-refractivity contribution in [1.29, 1.82) is 0 Å². The van der Waals surface area contributed by atoms with Gasteiger partial charge < -0.3 is 14.9 Å². The Balaban J connectivity index is 0.000000406. The van der Waals surface area contributed by atoms with Crippen LogP contribution >= 0.6 is 0 Å². The molecule has 1 aliphatic heterocycles. The number of hydrogen-bond donors (Lipinski definition) is 0. The molecule has 2 fully saturated rings. The van der Waals surface area contributed by atoms with Gasteiger partial charge in [-0.05, 0) is 17.8 Å². The molecule has 0 spiro atoms. The maximum atomic E-state index is 11.4. The Morgan fingerprint density at radius 3 is 2.50 bits per heavy atom. The Morgan fingerprint density at radius 2 is 1.94 bits per heavy atom. The van der Waals surface area contributed by atoms with Crippen molar-refractivity contribution in [3.05, 3.63) is 17.5 Å². The van der Waals surface area contributed by atoms with Gasteiger partial charge in [0.05, 0.1) is 11.8 Å². The van der Waals surface area contributed by atoms with E-state index >= 15 is 0 Å². The molecule has 1 radical (unpaired) electrons. The van der Waals surface area contributed by atoms with Crippen LogP contribution in [0.5, 0.6) is 0 Å². The second-order valence-electron chi connectivity index (χ2n) is 4.52. The fourth-order valence-corrected chi connectivity index (χ4v) is 3.14. The van der Waals surface area contributed by atoms with Crippen molar-refractivity contribution in [2.24, 2.45) is 23.2 Å². The number of nitrogens with zero attached hydrogens (tertiary/aromatic N) is 1. The van der Waals surface area contributed by atoms with Crippen LogP contribution in [0.15, 0.2) is 12.2 Å². The third kappa shape index (κ3) is 1.72. The van der Waals surface area contributed by atoms with Crippen LogP contribution in [0.1, 0.15) is 27.2 Å². The monoisotopic (exact) mass is 295 g/mol. The molecule has 3 aliphatic rings. The zero-order chi connectivity index (χ0) is 11.2. The van der Waals surface area contributed by atoms with Gasteiger partial charge in [0.25, 0.3) is 0 Å². The second-order valence-corrected chi connectivity index (χ2v) is 4.52. The van der Waals surface area contributed by atoms with Gasteiger partial charge in [-0.1, -0.05) is 32.9 Å². The van der Waals surface area contributed by atoms with Crippen LogP contribution in [0.2, 0.25) is 0 Å². The first-order valence-corrected chi connectivity index (χ1v) is 5.61. The third-order valence-corrected chi connectivity index (χ3v) is 3.70. The van der Waals surface area contributed by atoms with E-state index in [1.807, 2.05) is 13.8 Å². The minimum Gasteiger partial charge on any atom is -0.595 e. The Hall–Kier alpha value is -0.0161. The van der Waals surface area contributed by atoms with Crippen LogP contribution in [0.4, 0.5) is 0 Å². The van der Waals surface area contributed by atoms with E-state index in [1.54, 1.807) is 0 Å². The SMILES string of the molecule is CC.CC12C=CC(C1)C1C(=O)[N-]C(=O)C12.[Y]. The van der Waals surface area contributed by atoms with Gasteiger partial charge in [0.1, 0.15) is 0 Å². The van der Waals surface area contributed by atoms with Gasteiger partial charge in [-0.2, -0.15) is 0 Å². The van der Waals surface area contributed by atoms with E-state index in [1.165, 1.54) is 0 Å². The molecule has 0 aromatic rings. The van der Waals surface area contributed by atoms with Crippen molar-refractivity contribution >= 4 is 11.8 Å². The van der Waals surface area contributed by atoms with E-state index in [2.05, 4.69) is 24.4 Å².